The molecule has 1 N–H and O–H groups in total. The van der Waals surface area contributed by atoms with Crippen LogP contribution in [-0.4, -0.2) is 29.3 Å². The first-order valence-corrected chi connectivity index (χ1v) is 6.07. The molecule has 1 aliphatic heterocycles. The van der Waals surface area contributed by atoms with Crippen molar-refractivity contribution in [2.45, 2.75) is 18.6 Å². The number of hydrogen-bond acceptors (Lipinski definition) is 3. The summed E-state index contributed by atoms with van der Waals surface area (Å²) in [4.78, 5) is 4.43. The smallest absolute Gasteiger partial charge is 0.151 e. The fourth-order valence-electron chi connectivity index (χ4n) is 2.59. The monoisotopic (exact) mass is 249 g/mol. The predicted molar refractivity (Wildman–Crippen MR) is 66.8 cm³/mol. The largest absolute Gasteiger partial charge is 0.380 e. The van der Waals surface area contributed by atoms with Crippen molar-refractivity contribution in [2.24, 2.45) is 7.05 Å². The van der Waals surface area contributed by atoms with Gasteiger partial charge in [0.05, 0.1) is 17.7 Å². The number of hydrogen-bond donors (Lipinski definition) is 1. The summed E-state index contributed by atoms with van der Waals surface area (Å²) in [6.07, 6.45) is 1.08. The molecule has 4 nitrogen and oxygen atoms in total. The van der Waals surface area contributed by atoms with Gasteiger partial charge in [-0.3, -0.25) is 0 Å². The number of aromatic nitrogens is 2. The molecule has 2 atom stereocenters. The van der Waals surface area contributed by atoms with E-state index in [-0.39, 0.29) is 18.0 Å². The maximum absolute atomic E-state index is 13.7. The minimum Gasteiger partial charge on any atom is -0.380 e. The van der Waals surface area contributed by atoms with E-state index in [1.807, 2.05) is 17.7 Å². The van der Waals surface area contributed by atoms with Crippen molar-refractivity contribution in [1.29, 1.82) is 0 Å². The molecule has 1 aliphatic rings. The number of ether oxygens (including phenoxy) is 1. The van der Waals surface area contributed by atoms with E-state index in [0.29, 0.717) is 5.52 Å². The number of methoxy groups -OCH3 is 1. The van der Waals surface area contributed by atoms with E-state index in [1.165, 1.54) is 6.07 Å². The number of nitrogens with one attached hydrogen (secondary N) is 1. The van der Waals surface area contributed by atoms with Crippen LogP contribution in [0.5, 0.6) is 0 Å². The standard InChI is InChI=1S/C13H16FN3O/c1-17-11-5-3-4-9(14)12(11)16-13(17)10-6-8(18-2)7-15-10/h3-5,8,10,15H,6-7H2,1-2H3. The normalized spacial score (nSPS) is 23.9. The third-order valence-electron chi connectivity index (χ3n) is 3.63. The summed E-state index contributed by atoms with van der Waals surface area (Å²) in [6, 6.07) is 5.17. The van der Waals surface area contributed by atoms with E-state index in [1.54, 1.807) is 13.2 Å². The Bertz CT molecular complexity index is 581. The van der Waals surface area contributed by atoms with Crippen LogP contribution in [0.2, 0.25) is 0 Å². The molecule has 1 aromatic heterocycles. The van der Waals surface area contributed by atoms with Crippen LogP contribution in [0.4, 0.5) is 4.39 Å². The number of rotatable bonds is 2. The quantitative estimate of drug-likeness (QED) is 0.881. The van der Waals surface area contributed by atoms with Gasteiger partial charge in [0, 0.05) is 20.7 Å². The highest BCUT2D eigenvalue weighted by Crippen LogP contribution is 2.27. The Morgan fingerprint density at radius 3 is 3.00 bits per heavy atom. The van der Waals surface area contributed by atoms with Crippen LogP contribution >= 0.6 is 0 Å². The van der Waals surface area contributed by atoms with Crippen LogP contribution in [0.3, 0.4) is 0 Å². The molecule has 1 fully saturated rings. The summed E-state index contributed by atoms with van der Waals surface area (Å²) in [7, 11) is 3.63. The molecule has 1 saturated heterocycles. The van der Waals surface area contributed by atoms with Gasteiger partial charge in [0.25, 0.3) is 0 Å². The first-order valence-electron chi connectivity index (χ1n) is 6.07. The molecule has 3 rings (SSSR count). The second-order valence-corrected chi connectivity index (χ2v) is 4.69. The minimum absolute atomic E-state index is 0.131. The van der Waals surface area contributed by atoms with Crippen LogP contribution in [0.15, 0.2) is 18.2 Å². The maximum Gasteiger partial charge on any atom is 0.151 e. The molecule has 18 heavy (non-hydrogen) atoms. The van der Waals surface area contributed by atoms with Gasteiger partial charge in [-0.15, -0.1) is 0 Å². The van der Waals surface area contributed by atoms with Gasteiger partial charge in [-0.25, -0.2) is 9.37 Å². The second-order valence-electron chi connectivity index (χ2n) is 4.69. The van der Waals surface area contributed by atoms with E-state index in [4.69, 9.17) is 4.74 Å². The van der Waals surface area contributed by atoms with Crippen LogP contribution in [0.25, 0.3) is 11.0 Å². The Balaban J connectivity index is 2.03. The predicted octanol–water partition coefficient (Wildman–Crippen LogP) is 1.76. The Kier molecular flexibility index (Phi) is 2.80. The van der Waals surface area contributed by atoms with Gasteiger partial charge in [0.2, 0.25) is 0 Å². The number of halogens is 1. The lowest BCUT2D eigenvalue weighted by atomic mass is 10.2. The maximum atomic E-state index is 13.7. The first-order chi connectivity index (χ1) is 8.70. The van der Waals surface area contributed by atoms with Gasteiger partial charge in [-0.05, 0) is 18.6 Å². The highest BCUT2D eigenvalue weighted by Gasteiger charge is 2.28. The number of fused-ring (bicyclic) bond motifs is 1. The molecule has 96 valence electrons. The summed E-state index contributed by atoms with van der Waals surface area (Å²) in [5.41, 5.74) is 1.27. The summed E-state index contributed by atoms with van der Waals surface area (Å²) >= 11 is 0. The highest BCUT2D eigenvalue weighted by atomic mass is 19.1. The van der Waals surface area contributed by atoms with Crippen molar-refractivity contribution in [2.75, 3.05) is 13.7 Å². The van der Waals surface area contributed by atoms with Crippen molar-refractivity contribution < 1.29 is 9.13 Å². The average molecular weight is 249 g/mol. The third kappa shape index (κ3) is 1.71. The van der Waals surface area contributed by atoms with Gasteiger partial charge in [0.15, 0.2) is 5.82 Å². The van der Waals surface area contributed by atoms with Gasteiger partial charge in [-0.2, -0.15) is 0 Å². The molecule has 0 radical (unpaired) electrons. The average Bonchev–Trinajstić information content (AvgIpc) is 2.96. The number of nitrogens with zero attached hydrogens (tertiary/aromatic N) is 2. The zero-order chi connectivity index (χ0) is 12.7. The second kappa shape index (κ2) is 4.33. The van der Waals surface area contributed by atoms with E-state index in [0.717, 1.165) is 24.3 Å². The molecule has 2 aromatic rings. The summed E-state index contributed by atoms with van der Waals surface area (Å²) in [5.74, 6) is 0.602. The Hall–Kier alpha value is -1.46. The van der Waals surface area contributed by atoms with Gasteiger partial charge in [0.1, 0.15) is 11.3 Å². The Morgan fingerprint density at radius 2 is 2.33 bits per heavy atom. The fraction of sp³-hybridized carbons (Fsp3) is 0.462. The molecule has 1 aromatic carbocycles. The minimum atomic E-state index is -0.268. The Morgan fingerprint density at radius 1 is 1.50 bits per heavy atom. The van der Waals surface area contributed by atoms with Crippen LogP contribution in [0, 0.1) is 5.82 Å². The van der Waals surface area contributed by atoms with Crippen LogP contribution < -0.4 is 5.32 Å². The van der Waals surface area contributed by atoms with Crippen molar-refractivity contribution in [3.8, 4) is 0 Å². The first kappa shape index (κ1) is 11.6. The highest BCUT2D eigenvalue weighted by molar-refractivity contribution is 5.76. The van der Waals surface area contributed by atoms with Crippen molar-refractivity contribution in [1.82, 2.24) is 14.9 Å². The molecule has 0 spiro atoms. The lowest BCUT2D eigenvalue weighted by molar-refractivity contribution is 0.117. The zero-order valence-electron chi connectivity index (χ0n) is 10.5. The van der Waals surface area contributed by atoms with Gasteiger partial charge < -0.3 is 14.6 Å². The van der Waals surface area contributed by atoms with E-state index >= 15 is 0 Å². The SMILES string of the molecule is COC1CNC(c2nc3c(F)cccc3n2C)C1. The van der Waals surface area contributed by atoms with Gasteiger partial charge >= 0.3 is 0 Å². The molecule has 0 bridgehead atoms. The third-order valence-corrected chi connectivity index (χ3v) is 3.63. The van der Waals surface area contributed by atoms with E-state index in [9.17, 15) is 4.39 Å². The van der Waals surface area contributed by atoms with Crippen LogP contribution in [0.1, 0.15) is 18.3 Å². The van der Waals surface area contributed by atoms with Crippen molar-refractivity contribution >= 4 is 11.0 Å². The lowest BCUT2D eigenvalue weighted by Gasteiger charge is -2.10. The van der Waals surface area contributed by atoms with Crippen molar-refractivity contribution in [3.63, 3.8) is 0 Å². The molecule has 5 heteroatoms. The molecule has 0 aliphatic carbocycles. The van der Waals surface area contributed by atoms with Crippen LogP contribution in [-0.2, 0) is 11.8 Å². The number of aryl methyl sites for hydroxylation is 1. The molecule has 0 saturated carbocycles. The lowest BCUT2D eigenvalue weighted by Crippen LogP contribution is -2.18. The number of benzene rings is 1. The molecule has 2 heterocycles. The summed E-state index contributed by atoms with van der Waals surface area (Å²) in [5, 5.41) is 3.36. The summed E-state index contributed by atoms with van der Waals surface area (Å²) in [6.45, 7) is 0.812. The molecular formula is C13H16FN3O. The summed E-state index contributed by atoms with van der Waals surface area (Å²) < 4.78 is 21.0. The Labute approximate surface area is 105 Å². The fourth-order valence-corrected chi connectivity index (χ4v) is 2.59. The number of para-hydroxylation sites is 1. The van der Waals surface area contributed by atoms with Crippen molar-refractivity contribution in [3.05, 3.63) is 29.8 Å². The molecule has 0 amide bonds. The topological polar surface area (TPSA) is 39.1 Å². The molecular weight excluding hydrogens is 233 g/mol. The zero-order valence-corrected chi connectivity index (χ0v) is 10.5. The van der Waals surface area contributed by atoms with E-state index in [2.05, 4.69) is 10.3 Å². The van der Waals surface area contributed by atoms with Gasteiger partial charge in [-0.1, -0.05) is 6.07 Å². The number of imidazole rings is 1. The van der Waals surface area contributed by atoms with E-state index < -0.39 is 0 Å². The molecule has 2 unspecified atom stereocenters.